The highest BCUT2D eigenvalue weighted by atomic mass is 19.1. The van der Waals surface area contributed by atoms with Crippen LogP contribution in [-0.2, 0) is 4.79 Å². The van der Waals surface area contributed by atoms with Gasteiger partial charge >= 0.3 is 11.7 Å². The summed E-state index contributed by atoms with van der Waals surface area (Å²) < 4.78 is 13.2. The average molecular weight is 236 g/mol. The lowest BCUT2D eigenvalue weighted by molar-refractivity contribution is -0.387. The number of hydrogen-bond donors (Lipinski definition) is 1. The van der Waals surface area contributed by atoms with Gasteiger partial charge in [0.2, 0.25) is 5.82 Å². The summed E-state index contributed by atoms with van der Waals surface area (Å²) >= 11 is 0. The number of benzene rings is 1. The van der Waals surface area contributed by atoms with Gasteiger partial charge in [0, 0.05) is 6.07 Å². The van der Waals surface area contributed by atoms with Crippen molar-refractivity contribution in [2.75, 3.05) is 0 Å². The first-order valence-corrected chi connectivity index (χ1v) is 4.24. The molecule has 0 aliphatic carbocycles. The SMILES string of the molecule is N#C/C(=C\c1ccc([N+](=O)[O-])c(F)c1)C(=O)O. The molecular formula is C10H5FN2O4. The molecule has 0 radical (unpaired) electrons. The third-order valence-electron chi connectivity index (χ3n) is 1.83. The third kappa shape index (κ3) is 2.85. The van der Waals surface area contributed by atoms with E-state index >= 15 is 0 Å². The molecule has 0 fully saturated rings. The van der Waals surface area contributed by atoms with Gasteiger partial charge in [-0.1, -0.05) is 0 Å². The summed E-state index contributed by atoms with van der Waals surface area (Å²) in [5, 5.41) is 27.3. The zero-order valence-electron chi connectivity index (χ0n) is 8.25. The molecule has 0 amide bonds. The number of nitriles is 1. The van der Waals surface area contributed by atoms with Gasteiger partial charge in [-0.05, 0) is 23.8 Å². The Bertz CT molecular complexity index is 560. The van der Waals surface area contributed by atoms with Crippen molar-refractivity contribution in [2.24, 2.45) is 0 Å². The molecule has 1 aromatic rings. The maximum absolute atomic E-state index is 13.2. The molecule has 0 bridgehead atoms. The Morgan fingerprint density at radius 3 is 2.65 bits per heavy atom. The number of nitro groups is 1. The van der Waals surface area contributed by atoms with Crippen LogP contribution in [-0.4, -0.2) is 16.0 Å². The summed E-state index contributed by atoms with van der Waals surface area (Å²) in [5.74, 6) is -2.54. The zero-order valence-corrected chi connectivity index (χ0v) is 8.25. The Labute approximate surface area is 94.4 Å². The van der Waals surface area contributed by atoms with E-state index in [-0.39, 0.29) is 5.56 Å². The molecule has 17 heavy (non-hydrogen) atoms. The van der Waals surface area contributed by atoms with Gasteiger partial charge in [0.1, 0.15) is 11.6 Å². The molecule has 0 aliphatic rings. The number of rotatable bonds is 3. The van der Waals surface area contributed by atoms with Crippen LogP contribution in [0.15, 0.2) is 23.8 Å². The summed E-state index contributed by atoms with van der Waals surface area (Å²) in [6, 6.07) is 4.26. The predicted octanol–water partition coefficient (Wildman–Crippen LogP) is 1.73. The maximum Gasteiger partial charge on any atom is 0.346 e. The summed E-state index contributed by atoms with van der Waals surface area (Å²) in [4.78, 5) is 19.9. The fourth-order valence-corrected chi connectivity index (χ4v) is 1.07. The van der Waals surface area contributed by atoms with Crippen molar-refractivity contribution >= 4 is 17.7 Å². The topological polar surface area (TPSA) is 104 Å². The second-order valence-electron chi connectivity index (χ2n) is 2.94. The second kappa shape index (κ2) is 4.85. The number of hydrogen-bond acceptors (Lipinski definition) is 4. The number of halogens is 1. The van der Waals surface area contributed by atoms with Gasteiger partial charge in [-0.2, -0.15) is 9.65 Å². The van der Waals surface area contributed by atoms with E-state index in [1.807, 2.05) is 0 Å². The summed E-state index contributed by atoms with van der Waals surface area (Å²) in [6.07, 6.45) is 0.926. The molecule has 1 aromatic carbocycles. The van der Waals surface area contributed by atoms with Crippen LogP contribution in [0.5, 0.6) is 0 Å². The Hall–Kier alpha value is -2.75. The fraction of sp³-hybridized carbons (Fsp3) is 0. The van der Waals surface area contributed by atoms with E-state index in [9.17, 15) is 19.3 Å². The first-order chi connectivity index (χ1) is 7.95. The van der Waals surface area contributed by atoms with E-state index in [1.54, 1.807) is 0 Å². The van der Waals surface area contributed by atoms with Crippen molar-refractivity contribution in [3.05, 3.63) is 45.3 Å². The normalized spacial score (nSPS) is 10.7. The molecule has 0 saturated carbocycles. The molecule has 0 aliphatic heterocycles. The minimum atomic E-state index is -1.45. The first-order valence-electron chi connectivity index (χ1n) is 4.24. The van der Waals surface area contributed by atoms with Crippen molar-refractivity contribution in [1.82, 2.24) is 0 Å². The lowest BCUT2D eigenvalue weighted by atomic mass is 10.1. The van der Waals surface area contributed by atoms with Crippen molar-refractivity contribution in [3.8, 4) is 6.07 Å². The molecule has 0 spiro atoms. The van der Waals surface area contributed by atoms with Crippen molar-refractivity contribution in [3.63, 3.8) is 0 Å². The molecule has 0 aromatic heterocycles. The predicted molar refractivity (Wildman–Crippen MR) is 54.3 cm³/mol. The van der Waals surface area contributed by atoms with E-state index in [4.69, 9.17) is 10.4 Å². The minimum Gasteiger partial charge on any atom is -0.477 e. The molecule has 0 unspecified atom stereocenters. The molecular weight excluding hydrogens is 231 g/mol. The molecule has 86 valence electrons. The number of nitro benzene ring substituents is 1. The van der Waals surface area contributed by atoms with E-state index in [1.165, 1.54) is 6.07 Å². The highest BCUT2D eigenvalue weighted by Gasteiger charge is 2.14. The monoisotopic (exact) mass is 236 g/mol. The Kier molecular flexibility index (Phi) is 3.51. The summed E-state index contributed by atoms with van der Waals surface area (Å²) in [6.45, 7) is 0. The van der Waals surface area contributed by atoms with Crippen LogP contribution in [0.3, 0.4) is 0 Å². The van der Waals surface area contributed by atoms with Crippen molar-refractivity contribution in [2.45, 2.75) is 0 Å². The molecule has 0 saturated heterocycles. The molecule has 6 nitrogen and oxygen atoms in total. The van der Waals surface area contributed by atoms with Crippen LogP contribution in [0.25, 0.3) is 6.08 Å². The van der Waals surface area contributed by atoms with Gasteiger partial charge in [-0.3, -0.25) is 10.1 Å². The third-order valence-corrected chi connectivity index (χ3v) is 1.83. The van der Waals surface area contributed by atoms with Crippen LogP contribution in [0.1, 0.15) is 5.56 Å². The number of carboxylic acid groups (broad SMARTS) is 1. The highest BCUT2D eigenvalue weighted by Crippen LogP contribution is 2.19. The van der Waals surface area contributed by atoms with E-state index in [0.717, 1.165) is 24.3 Å². The minimum absolute atomic E-state index is 0.0621. The lowest BCUT2D eigenvalue weighted by Crippen LogP contribution is -1.98. The van der Waals surface area contributed by atoms with Crippen molar-refractivity contribution < 1.29 is 19.2 Å². The smallest absolute Gasteiger partial charge is 0.346 e. The molecule has 0 atom stereocenters. The van der Waals surface area contributed by atoms with Gasteiger partial charge in [-0.25, -0.2) is 4.79 Å². The van der Waals surface area contributed by atoms with Gasteiger partial charge in [0.25, 0.3) is 0 Å². The Morgan fingerprint density at radius 2 is 2.24 bits per heavy atom. The standard InChI is InChI=1S/C10H5FN2O4/c11-8-4-6(1-2-9(8)13(16)17)3-7(5-12)10(14)15/h1-4H,(H,14,15)/b7-3+. The van der Waals surface area contributed by atoms with Gasteiger partial charge in [0.05, 0.1) is 4.92 Å². The molecule has 1 rings (SSSR count). The Morgan fingerprint density at radius 1 is 1.59 bits per heavy atom. The fourth-order valence-electron chi connectivity index (χ4n) is 1.07. The van der Waals surface area contributed by atoms with E-state index < -0.39 is 28.0 Å². The molecule has 7 heteroatoms. The quantitative estimate of drug-likeness (QED) is 0.372. The zero-order chi connectivity index (χ0) is 13.0. The number of nitrogens with zero attached hydrogens (tertiary/aromatic N) is 2. The summed E-state index contributed by atoms with van der Waals surface area (Å²) in [5.41, 5.74) is -1.23. The van der Waals surface area contributed by atoms with Gasteiger partial charge in [-0.15, -0.1) is 0 Å². The van der Waals surface area contributed by atoms with E-state index in [0.29, 0.717) is 0 Å². The van der Waals surface area contributed by atoms with Crippen LogP contribution in [0.4, 0.5) is 10.1 Å². The van der Waals surface area contributed by atoms with Crippen LogP contribution in [0.2, 0.25) is 0 Å². The molecule has 1 N–H and O–H groups in total. The molecule has 0 heterocycles. The lowest BCUT2D eigenvalue weighted by Gasteiger charge is -1.96. The first kappa shape index (κ1) is 12.3. The average Bonchev–Trinajstić information content (AvgIpc) is 2.24. The van der Waals surface area contributed by atoms with Gasteiger partial charge in [0.15, 0.2) is 0 Å². The highest BCUT2D eigenvalue weighted by molar-refractivity contribution is 5.96. The number of carbonyl (C=O) groups is 1. The number of aliphatic carboxylic acids is 1. The van der Waals surface area contributed by atoms with E-state index in [2.05, 4.69) is 0 Å². The largest absolute Gasteiger partial charge is 0.477 e. The van der Waals surface area contributed by atoms with Crippen LogP contribution < -0.4 is 0 Å². The Balaban J connectivity index is 3.20. The van der Waals surface area contributed by atoms with Gasteiger partial charge < -0.3 is 5.11 Å². The van der Waals surface area contributed by atoms with Crippen molar-refractivity contribution in [1.29, 1.82) is 5.26 Å². The second-order valence-corrected chi connectivity index (χ2v) is 2.94. The maximum atomic E-state index is 13.2. The number of carboxylic acids is 1. The van der Waals surface area contributed by atoms with Crippen LogP contribution in [0, 0.1) is 27.3 Å². The summed E-state index contributed by atoms with van der Waals surface area (Å²) in [7, 11) is 0. The van der Waals surface area contributed by atoms with Crippen LogP contribution >= 0.6 is 0 Å².